The van der Waals surface area contributed by atoms with Gasteiger partial charge in [0.1, 0.15) is 0 Å². The Morgan fingerprint density at radius 3 is 3.00 bits per heavy atom. The lowest BCUT2D eigenvalue weighted by molar-refractivity contribution is -0.152. The van der Waals surface area contributed by atoms with E-state index >= 15 is 0 Å². The van der Waals surface area contributed by atoms with Crippen LogP contribution in [0.5, 0.6) is 0 Å². The van der Waals surface area contributed by atoms with E-state index < -0.39 is 5.60 Å². The van der Waals surface area contributed by atoms with Crippen molar-refractivity contribution in [2.24, 2.45) is 0 Å². The number of hydrogen-bond donors (Lipinski definition) is 2. The Labute approximate surface area is 83.6 Å². The number of terminal acetylenes is 1. The highest BCUT2D eigenvalue weighted by atomic mass is 32.1. The molecule has 1 aliphatic heterocycles. The summed E-state index contributed by atoms with van der Waals surface area (Å²) in [6.07, 6.45) is 7.02. The Balaban J connectivity index is 2.59. The molecule has 13 heavy (non-hydrogen) atoms. The predicted molar refractivity (Wildman–Crippen MR) is 53.6 cm³/mol. The number of carbonyl (C=O) groups excluding carboxylic acids is 1. The summed E-state index contributed by atoms with van der Waals surface area (Å²) in [5, 5.41) is 3.11. The Bertz CT molecular complexity index is 228. The SMILES string of the molecule is C#CC1(OC(=O)CS)CCCNC1. The summed E-state index contributed by atoms with van der Waals surface area (Å²) in [6, 6.07) is 0. The molecule has 1 fully saturated rings. The van der Waals surface area contributed by atoms with E-state index in [-0.39, 0.29) is 11.7 Å². The first-order valence-corrected chi connectivity index (χ1v) is 4.87. The van der Waals surface area contributed by atoms with Gasteiger partial charge in [-0.25, -0.2) is 0 Å². The Morgan fingerprint density at radius 1 is 1.77 bits per heavy atom. The average molecular weight is 199 g/mol. The molecular formula is C9H13NO2S. The zero-order valence-corrected chi connectivity index (χ0v) is 8.27. The Hall–Kier alpha value is -0.660. The molecule has 4 heteroatoms. The monoisotopic (exact) mass is 199 g/mol. The number of thiol groups is 1. The van der Waals surface area contributed by atoms with Gasteiger partial charge in [-0.15, -0.1) is 6.42 Å². The lowest BCUT2D eigenvalue weighted by Gasteiger charge is -2.32. The number of esters is 1. The van der Waals surface area contributed by atoms with Crippen LogP contribution >= 0.6 is 12.6 Å². The average Bonchev–Trinajstić information content (AvgIpc) is 2.19. The molecule has 1 aliphatic rings. The molecule has 0 bridgehead atoms. The summed E-state index contributed by atoms with van der Waals surface area (Å²) in [5.74, 6) is 2.26. The van der Waals surface area contributed by atoms with Crippen molar-refractivity contribution in [3.63, 3.8) is 0 Å². The van der Waals surface area contributed by atoms with E-state index in [1.165, 1.54) is 0 Å². The molecule has 1 unspecified atom stereocenters. The molecule has 0 aromatic carbocycles. The molecule has 72 valence electrons. The number of hydrogen-bond acceptors (Lipinski definition) is 4. The molecule has 0 aromatic rings. The standard InChI is InChI=1S/C9H13NO2S/c1-2-9(12-8(11)6-13)4-3-5-10-7-9/h1,10,13H,3-7H2. The van der Waals surface area contributed by atoms with Crippen LogP contribution in [0.4, 0.5) is 0 Å². The Morgan fingerprint density at radius 2 is 2.54 bits per heavy atom. The second kappa shape index (κ2) is 4.54. The van der Waals surface area contributed by atoms with Crippen LogP contribution in [0.1, 0.15) is 12.8 Å². The minimum Gasteiger partial charge on any atom is -0.444 e. The number of piperidine rings is 1. The fourth-order valence-electron chi connectivity index (χ4n) is 1.37. The van der Waals surface area contributed by atoms with Gasteiger partial charge in [-0.2, -0.15) is 12.6 Å². The van der Waals surface area contributed by atoms with Crippen LogP contribution in [0.3, 0.4) is 0 Å². The number of ether oxygens (including phenoxy) is 1. The highest BCUT2D eigenvalue weighted by molar-refractivity contribution is 7.81. The third-order valence-electron chi connectivity index (χ3n) is 2.05. The van der Waals surface area contributed by atoms with Gasteiger partial charge in [0.2, 0.25) is 0 Å². The molecule has 0 spiro atoms. The first-order chi connectivity index (χ1) is 6.22. The van der Waals surface area contributed by atoms with Gasteiger partial charge in [0, 0.05) is 13.0 Å². The van der Waals surface area contributed by atoms with E-state index in [1.807, 2.05) is 0 Å². The highest BCUT2D eigenvalue weighted by Crippen LogP contribution is 2.20. The van der Waals surface area contributed by atoms with Crippen LogP contribution in [0.15, 0.2) is 0 Å². The minimum atomic E-state index is -0.738. The minimum absolute atomic E-state index is 0.0728. The second-order valence-electron chi connectivity index (χ2n) is 3.05. The Kier molecular flexibility index (Phi) is 3.64. The van der Waals surface area contributed by atoms with E-state index in [2.05, 4.69) is 23.9 Å². The number of nitrogens with one attached hydrogen (secondary N) is 1. The molecule has 1 heterocycles. The second-order valence-corrected chi connectivity index (χ2v) is 3.37. The van der Waals surface area contributed by atoms with Crippen LogP contribution in [0.2, 0.25) is 0 Å². The van der Waals surface area contributed by atoms with Gasteiger partial charge in [0.25, 0.3) is 0 Å². The molecular weight excluding hydrogens is 186 g/mol. The van der Waals surface area contributed by atoms with Crippen molar-refractivity contribution in [3.8, 4) is 12.3 Å². The summed E-state index contributed by atoms with van der Waals surface area (Å²) in [7, 11) is 0. The van der Waals surface area contributed by atoms with Crippen molar-refractivity contribution in [1.29, 1.82) is 0 Å². The van der Waals surface area contributed by atoms with E-state index in [0.29, 0.717) is 6.54 Å². The van der Waals surface area contributed by atoms with Crippen molar-refractivity contribution in [1.82, 2.24) is 5.32 Å². The lowest BCUT2D eigenvalue weighted by atomic mass is 9.95. The van der Waals surface area contributed by atoms with Crippen LogP contribution < -0.4 is 5.32 Å². The fourth-order valence-corrected chi connectivity index (χ4v) is 1.43. The van der Waals surface area contributed by atoms with E-state index in [9.17, 15) is 4.79 Å². The highest BCUT2D eigenvalue weighted by Gasteiger charge is 2.33. The van der Waals surface area contributed by atoms with Crippen molar-refractivity contribution >= 4 is 18.6 Å². The maximum absolute atomic E-state index is 11.0. The lowest BCUT2D eigenvalue weighted by Crippen LogP contribution is -2.48. The van der Waals surface area contributed by atoms with Gasteiger partial charge in [-0.1, -0.05) is 5.92 Å². The zero-order chi connectivity index (χ0) is 9.73. The van der Waals surface area contributed by atoms with Gasteiger partial charge >= 0.3 is 5.97 Å². The molecule has 1 saturated heterocycles. The summed E-state index contributed by atoms with van der Waals surface area (Å²) >= 11 is 3.83. The van der Waals surface area contributed by atoms with Gasteiger partial charge in [0.05, 0.1) is 5.75 Å². The van der Waals surface area contributed by atoms with Gasteiger partial charge in [-0.05, 0) is 13.0 Å². The van der Waals surface area contributed by atoms with E-state index in [0.717, 1.165) is 19.4 Å². The smallest absolute Gasteiger partial charge is 0.317 e. The van der Waals surface area contributed by atoms with Crippen LogP contribution in [0, 0.1) is 12.3 Å². The van der Waals surface area contributed by atoms with Crippen LogP contribution in [-0.2, 0) is 9.53 Å². The zero-order valence-electron chi connectivity index (χ0n) is 7.38. The first kappa shape index (κ1) is 10.4. The van der Waals surface area contributed by atoms with E-state index in [4.69, 9.17) is 11.2 Å². The van der Waals surface area contributed by atoms with Gasteiger partial charge in [0.15, 0.2) is 5.60 Å². The quantitative estimate of drug-likeness (QED) is 0.379. The number of carbonyl (C=O) groups is 1. The molecule has 0 aromatic heterocycles. The molecule has 3 nitrogen and oxygen atoms in total. The third-order valence-corrected chi connectivity index (χ3v) is 2.30. The summed E-state index contributed by atoms with van der Waals surface area (Å²) in [4.78, 5) is 11.0. The van der Waals surface area contributed by atoms with Crippen molar-refractivity contribution in [2.75, 3.05) is 18.8 Å². The largest absolute Gasteiger partial charge is 0.444 e. The summed E-state index contributed by atoms with van der Waals surface area (Å²) < 4.78 is 5.16. The molecule has 0 aliphatic carbocycles. The fraction of sp³-hybridized carbons (Fsp3) is 0.667. The molecule has 1 atom stereocenters. The molecule has 0 amide bonds. The third kappa shape index (κ3) is 2.64. The topological polar surface area (TPSA) is 38.3 Å². The van der Waals surface area contributed by atoms with Gasteiger partial charge < -0.3 is 10.1 Å². The van der Waals surface area contributed by atoms with Crippen molar-refractivity contribution in [2.45, 2.75) is 18.4 Å². The normalized spacial score (nSPS) is 27.7. The first-order valence-electron chi connectivity index (χ1n) is 4.24. The van der Waals surface area contributed by atoms with Crippen LogP contribution in [0.25, 0.3) is 0 Å². The van der Waals surface area contributed by atoms with Crippen molar-refractivity contribution < 1.29 is 9.53 Å². The molecule has 1 rings (SSSR count). The maximum Gasteiger partial charge on any atom is 0.317 e. The molecule has 1 N–H and O–H groups in total. The molecule has 0 radical (unpaired) electrons. The van der Waals surface area contributed by atoms with Crippen molar-refractivity contribution in [3.05, 3.63) is 0 Å². The van der Waals surface area contributed by atoms with Gasteiger partial charge in [-0.3, -0.25) is 4.79 Å². The summed E-state index contributed by atoms with van der Waals surface area (Å²) in [6.45, 7) is 1.48. The predicted octanol–water partition coefficient (Wildman–Crippen LogP) is 0.215. The van der Waals surface area contributed by atoms with Crippen LogP contribution in [-0.4, -0.2) is 30.4 Å². The molecule has 0 saturated carbocycles. The summed E-state index contributed by atoms with van der Waals surface area (Å²) in [5.41, 5.74) is -0.738. The maximum atomic E-state index is 11.0. The number of rotatable bonds is 2. The van der Waals surface area contributed by atoms with E-state index in [1.54, 1.807) is 0 Å².